The summed E-state index contributed by atoms with van der Waals surface area (Å²) >= 11 is 1.61. The predicted molar refractivity (Wildman–Crippen MR) is 89.6 cm³/mol. The zero-order chi connectivity index (χ0) is 16.1. The van der Waals surface area contributed by atoms with E-state index in [4.69, 9.17) is 9.15 Å². The number of aryl methyl sites for hydroxylation is 1. The molecule has 23 heavy (non-hydrogen) atoms. The van der Waals surface area contributed by atoms with Crippen LogP contribution in [0.4, 0.5) is 0 Å². The Balaban J connectivity index is 1.62. The van der Waals surface area contributed by atoms with Gasteiger partial charge in [-0.3, -0.25) is 9.69 Å². The fourth-order valence-corrected chi connectivity index (χ4v) is 3.48. The fraction of sp³-hybridized carbons (Fsp3) is 0.471. The van der Waals surface area contributed by atoms with E-state index in [1.807, 2.05) is 36.6 Å². The molecule has 6 heteroatoms. The van der Waals surface area contributed by atoms with Gasteiger partial charge >= 0.3 is 0 Å². The predicted octanol–water partition coefficient (Wildman–Crippen LogP) is 2.38. The first-order valence-corrected chi connectivity index (χ1v) is 8.77. The van der Waals surface area contributed by atoms with Gasteiger partial charge in [-0.05, 0) is 30.5 Å². The average molecular weight is 334 g/mol. The highest BCUT2D eigenvalue weighted by molar-refractivity contribution is 7.10. The third-order valence-electron chi connectivity index (χ3n) is 3.98. The van der Waals surface area contributed by atoms with Crippen LogP contribution in [0.1, 0.15) is 22.4 Å². The second-order valence-corrected chi connectivity index (χ2v) is 6.71. The van der Waals surface area contributed by atoms with E-state index >= 15 is 0 Å². The van der Waals surface area contributed by atoms with Gasteiger partial charge in [-0.15, -0.1) is 11.3 Å². The Bertz CT molecular complexity index is 618. The van der Waals surface area contributed by atoms with Gasteiger partial charge in [0.25, 0.3) is 0 Å². The van der Waals surface area contributed by atoms with Crippen molar-refractivity contribution < 1.29 is 13.9 Å². The highest BCUT2D eigenvalue weighted by atomic mass is 32.1. The minimum absolute atomic E-state index is 0.0500. The zero-order valence-corrected chi connectivity index (χ0v) is 14.1. The van der Waals surface area contributed by atoms with Crippen LogP contribution >= 0.6 is 11.3 Å². The Morgan fingerprint density at radius 1 is 1.35 bits per heavy atom. The van der Waals surface area contributed by atoms with Gasteiger partial charge in [0.2, 0.25) is 5.91 Å². The molecule has 0 aromatic carbocycles. The lowest BCUT2D eigenvalue weighted by Crippen LogP contribution is -2.43. The molecule has 0 saturated carbocycles. The van der Waals surface area contributed by atoms with Crippen LogP contribution in [0.15, 0.2) is 34.1 Å². The van der Waals surface area contributed by atoms with Crippen LogP contribution < -0.4 is 5.32 Å². The molecule has 0 aliphatic carbocycles. The summed E-state index contributed by atoms with van der Waals surface area (Å²) in [7, 11) is 0. The fourth-order valence-electron chi connectivity index (χ4n) is 2.78. The molecule has 1 aliphatic heterocycles. The molecular formula is C17H22N2O3S. The summed E-state index contributed by atoms with van der Waals surface area (Å²) in [5, 5.41) is 5.04. The van der Waals surface area contributed by atoms with E-state index in [0.717, 1.165) is 42.7 Å². The van der Waals surface area contributed by atoms with Gasteiger partial charge in [0.1, 0.15) is 11.5 Å². The molecule has 1 unspecified atom stereocenters. The molecule has 1 N–H and O–H groups in total. The molecule has 2 aromatic heterocycles. The van der Waals surface area contributed by atoms with Crippen molar-refractivity contribution in [3.8, 4) is 0 Å². The first kappa shape index (κ1) is 16.2. The maximum Gasteiger partial charge on any atom is 0.225 e. The number of carbonyl (C=O) groups excluding carboxylic acids is 1. The summed E-state index contributed by atoms with van der Waals surface area (Å²) in [6.45, 7) is 5.64. The standard InChI is InChI=1S/C17H22N2O3S/c1-13-4-5-16(22-13)15(19-6-8-21-9-7-19)12-18-17(20)11-14-3-2-10-23-14/h2-5,10,15H,6-9,11-12H2,1H3,(H,18,20). The van der Waals surface area contributed by atoms with E-state index in [2.05, 4.69) is 10.2 Å². The summed E-state index contributed by atoms with van der Waals surface area (Å²) in [4.78, 5) is 15.6. The summed E-state index contributed by atoms with van der Waals surface area (Å²) in [6.07, 6.45) is 0.435. The van der Waals surface area contributed by atoms with Crippen molar-refractivity contribution in [2.75, 3.05) is 32.8 Å². The van der Waals surface area contributed by atoms with Crippen LogP contribution in [0.5, 0.6) is 0 Å². The van der Waals surface area contributed by atoms with E-state index in [-0.39, 0.29) is 11.9 Å². The molecule has 124 valence electrons. The molecule has 0 spiro atoms. The van der Waals surface area contributed by atoms with Crippen molar-refractivity contribution in [3.05, 3.63) is 46.0 Å². The number of amides is 1. The zero-order valence-electron chi connectivity index (χ0n) is 13.3. The van der Waals surface area contributed by atoms with Crippen molar-refractivity contribution in [3.63, 3.8) is 0 Å². The molecule has 3 heterocycles. The molecule has 0 radical (unpaired) electrons. The Morgan fingerprint density at radius 3 is 2.83 bits per heavy atom. The Hall–Kier alpha value is -1.63. The number of morpholine rings is 1. The van der Waals surface area contributed by atoms with Crippen molar-refractivity contribution in [2.45, 2.75) is 19.4 Å². The third-order valence-corrected chi connectivity index (χ3v) is 4.86. The van der Waals surface area contributed by atoms with E-state index < -0.39 is 0 Å². The van der Waals surface area contributed by atoms with Gasteiger partial charge in [-0.25, -0.2) is 0 Å². The van der Waals surface area contributed by atoms with Crippen LogP contribution in [-0.2, 0) is 16.0 Å². The molecule has 1 aliphatic rings. The SMILES string of the molecule is Cc1ccc(C(CNC(=O)Cc2cccs2)N2CCOCC2)o1. The lowest BCUT2D eigenvalue weighted by molar-refractivity contribution is -0.120. The second kappa shape index (κ2) is 7.77. The normalized spacial score (nSPS) is 17.1. The first-order chi connectivity index (χ1) is 11.2. The van der Waals surface area contributed by atoms with Gasteiger partial charge in [0.15, 0.2) is 0 Å². The number of hydrogen-bond donors (Lipinski definition) is 1. The lowest BCUT2D eigenvalue weighted by Gasteiger charge is -2.33. The topological polar surface area (TPSA) is 54.7 Å². The summed E-state index contributed by atoms with van der Waals surface area (Å²) < 4.78 is 11.2. The van der Waals surface area contributed by atoms with Crippen LogP contribution in [0.25, 0.3) is 0 Å². The number of ether oxygens (including phenoxy) is 1. The number of thiophene rings is 1. The molecule has 3 rings (SSSR count). The maximum atomic E-state index is 12.2. The van der Waals surface area contributed by atoms with Crippen molar-refractivity contribution in [1.82, 2.24) is 10.2 Å². The molecule has 1 atom stereocenters. The molecular weight excluding hydrogens is 312 g/mol. The summed E-state index contributed by atoms with van der Waals surface area (Å²) in [5.41, 5.74) is 0. The summed E-state index contributed by atoms with van der Waals surface area (Å²) in [6, 6.07) is 7.98. The lowest BCUT2D eigenvalue weighted by atomic mass is 10.1. The van der Waals surface area contributed by atoms with Crippen molar-refractivity contribution in [1.29, 1.82) is 0 Å². The van der Waals surface area contributed by atoms with Gasteiger partial charge in [-0.2, -0.15) is 0 Å². The quantitative estimate of drug-likeness (QED) is 0.881. The molecule has 5 nitrogen and oxygen atoms in total. The molecule has 1 amide bonds. The van der Waals surface area contributed by atoms with Gasteiger partial charge < -0.3 is 14.5 Å². The highest BCUT2D eigenvalue weighted by Gasteiger charge is 2.25. The smallest absolute Gasteiger partial charge is 0.225 e. The molecule has 2 aromatic rings. The van der Waals surface area contributed by atoms with Crippen LogP contribution in [0.2, 0.25) is 0 Å². The number of carbonyl (C=O) groups is 1. The Kier molecular flexibility index (Phi) is 5.48. The van der Waals surface area contributed by atoms with Crippen molar-refractivity contribution in [2.24, 2.45) is 0 Å². The number of hydrogen-bond acceptors (Lipinski definition) is 5. The van der Waals surface area contributed by atoms with Gasteiger partial charge in [-0.1, -0.05) is 6.07 Å². The third kappa shape index (κ3) is 4.43. The van der Waals surface area contributed by atoms with Crippen LogP contribution in [0.3, 0.4) is 0 Å². The minimum atomic E-state index is 0.0500. The van der Waals surface area contributed by atoms with Crippen LogP contribution in [-0.4, -0.2) is 43.7 Å². The van der Waals surface area contributed by atoms with E-state index in [1.54, 1.807) is 11.3 Å². The van der Waals surface area contributed by atoms with Gasteiger partial charge in [0, 0.05) is 24.5 Å². The largest absolute Gasteiger partial charge is 0.465 e. The first-order valence-electron chi connectivity index (χ1n) is 7.89. The molecule has 0 bridgehead atoms. The molecule has 1 saturated heterocycles. The van der Waals surface area contributed by atoms with E-state index in [0.29, 0.717) is 13.0 Å². The number of nitrogens with zero attached hydrogens (tertiary/aromatic N) is 1. The van der Waals surface area contributed by atoms with Gasteiger partial charge in [0.05, 0.1) is 25.7 Å². The average Bonchev–Trinajstić information content (AvgIpc) is 3.21. The summed E-state index contributed by atoms with van der Waals surface area (Å²) in [5.74, 6) is 1.85. The number of nitrogens with one attached hydrogen (secondary N) is 1. The number of rotatable bonds is 6. The number of furan rings is 1. The van der Waals surface area contributed by atoms with Crippen LogP contribution in [0, 0.1) is 6.92 Å². The maximum absolute atomic E-state index is 12.2. The Morgan fingerprint density at radius 2 is 2.17 bits per heavy atom. The van der Waals surface area contributed by atoms with Crippen molar-refractivity contribution >= 4 is 17.2 Å². The van der Waals surface area contributed by atoms with E-state index in [1.165, 1.54) is 0 Å². The minimum Gasteiger partial charge on any atom is -0.465 e. The highest BCUT2D eigenvalue weighted by Crippen LogP contribution is 2.23. The van der Waals surface area contributed by atoms with E-state index in [9.17, 15) is 4.79 Å². The molecule has 1 fully saturated rings. The second-order valence-electron chi connectivity index (χ2n) is 5.67. The Labute approximate surface area is 140 Å². The monoisotopic (exact) mass is 334 g/mol.